The molecule has 0 N–H and O–H groups in total. The van der Waals surface area contributed by atoms with Crippen molar-refractivity contribution in [3.8, 4) is 0 Å². The van der Waals surface area contributed by atoms with Gasteiger partial charge in [0.25, 0.3) is 0 Å². The lowest BCUT2D eigenvalue weighted by atomic mass is 10.0. The summed E-state index contributed by atoms with van der Waals surface area (Å²) >= 11 is 0. The Kier molecular flexibility index (Phi) is 3.78. The van der Waals surface area contributed by atoms with E-state index in [4.69, 9.17) is 0 Å². The molecule has 0 unspecified atom stereocenters. The van der Waals surface area contributed by atoms with Gasteiger partial charge >= 0.3 is 18.3 Å². The molecule has 0 radical (unpaired) electrons. The monoisotopic (exact) mass is 290 g/mol. The van der Waals surface area contributed by atoms with Crippen molar-refractivity contribution in [2.24, 2.45) is 0 Å². The molecular formula is C10H5F7O2. The van der Waals surface area contributed by atoms with Crippen molar-refractivity contribution in [1.82, 2.24) is 0 Å². The van der Waals surface area contributed by atoms with Crippen molar-refractivity contribution < 1.29 is 40.3 Å². The standard InChI is InChI=1S/C10H5F7O2/c1-19-8(18)4-2-5(9(12,13)14)7(11)6(3-4)10(15,16)17/h2-3H,1H3. The molecular weight excluding hydrogens is 285 g/mol. The zero-order valence-electron chi connectivity index (χ0n) is 9.12. The average molecular weight is 290 g/mol. The minimum atomic E-state index is -5.37. The van der Waals surface area contributed by atoms with Crippen molar-refractivity contribution in [3.63, 3.8) is 0 Å². The Bertz CT molecular complexity index is 467. The Morgan fingerprint density at radius 1 is 1.00 bits per heavy atom. The van der Waals surface area contributed by atoms with Crippen LogP contribution in [-0.2, 0) is 17.1 Å². The first-order valence-corrected chi connectivity index (χ1v) is 4.54. The predicted octanol–water partition coefficient (Wildman–Crippen LogP) is 3.65. The van der Waals surface area contributed by atoms with Crippen LogP contribution in [0.2, 0.25) is 0 Å². The fourth-order valence-electron chi connectivity index (χ4n) is 1.27. The molecule has 0 saturated heterocycles. The van der Waals surface area contributed by atoms with E-state index in [1.54, 1.807) is 0 Å². The number of carbonyl (C=O) groups is 1. The Morgan fingerprint density at radius 2 is 1.37 bits per heavy atom. The molecule has 19 heavy (non-hydrogen) atoms. The van der Waals surface area contributed by atoms with Crippen LogP contribution in [0, 0.1) is 5.82 Å². The first kappa shape index (κ1) is 15.3. The summed E-state index contributed by atoms with van der Waals surface area (Å²) < 4.78 is 91.7. The average Bonchev–Trinajstić information content (AvgIpc) is 2.25. The van der Waals surface area contributed by atoms with Crippen LogP contribution < -0.4 is 0 Å². The van der Waals surface area contributed by atoms with Gasteiger partial charge in [-0.25, -0.2) is 9.18 Å². The van der Waals surface area contributed by atoms with E-state index in [0.29, 0.717) is 0 Å². The van der Waals surface area contributed by atoms with Gasteiger partial charge in [0.05, 0.1) is 23.8 Å². The highest BCUT2D eigenvalue weighted by Gasteiger charge is 2.42. The maximum atomic E-state index is 13.2. The van der Waals surface area contributed by atoms with E-state index in [0.717, 1.165) is 7.11 Å². The molecule has 0 aliphatic rings. The summed E-state index contributed by atoms with van der Waals surface area (Å²) in [5.74, 6) is -3.91. The molecule has 0 aliphatic heterocycles. The van der Waals surface area contributed by atoms with Crippen LogP contribution in [0.15, 0.2) is 12.1 Å². The molecule has 0 fully saturated rings. The summed E-state index contributed by atoms with van der Waals surface area (Å²) in [6, 6.07) is -0.0627. The number of hydrogen-bond acceptors (Lipinski definition) is 2. The molecule has 0 aliphatic carbocycles. The van der Waals surface area contributed by atoms with Gasteiger partial charge in [0.15, 0.2) is 0 Å². The third kappa shape index (κ3) is 3.15. The second-order valence-corrected chi connectivity index (χ2v) is 3.37. The number of alkyl halides is 6. The quantitative estimate of drug-likeness (QED) is 0.583. The van der Waals surface area contributed by atoms with Gasteiger partial charge in [-0.05, 0) is 12.1 Å². The first-order valence-electron chi connectivity index (χ1n) is 4.54. The summed E-state index contributed by atoms with van der Waals surface area (Å²) in [6.45, 7) is 0. The molecule has 1 aromatic carbocycles. The van der Waals surface area contributed by atoms with Crippen LogP contribution in [0.3, 0.4) is 0 Å². The summed E-state index contributed by atoms with van der Waals surface area (Å²) in [7, 11) is 0.770. The Labute approximate surface area is 101 Å². The second kappa shape index (κ2) is 4.71. The molecule has 0 saturated carbocycles. The van der Waals surface area contributed by atoms with Crippen LogP contribution >= 0.6 is 0 Å². The highest BCUT2D eigenvalue weighted by atomic mass is 19.4. The van der Waals surface area contributed by atoms with Gasteiger partial charge < -0.3 is 4.74 Å². The van der Waals surface area contributed by atoms with E-state index in [9.17, 15) is 35.5 Å². The van der Waals surface area contributed by atoms with Gasteiger partial charge in [0, 0.05) is 0 Å². The van der Waals surface area contributed by atoms with Crippen LogP contribution in [0.4, 0.5) is 30.7 Å². The summed E-state index contributed by atoms with van der Waals surface area (Å²) in [5, 5.41) is 0. The van der Waals surface area contributed by atoms with Crippen LogP contribution in [0.5, 0.6) is 0 Å². The summed E-state index contributed by atoms with van der Waals surface area (Å²) in [4.78, 5) is 11.0. The zero-order chi connectivity index (χ0) is 15.0. The van der Waals surface area contributed by atoms with Crippen LogP contribution in [-0.4, -0.2) is 13.1 Å². The third-order valence-corrected chi connectivity index (χ3v) is 2.10. The molecule has 0 atom stereocenters. The van der Waals surface area contributed by atoms with Crippen molar-refractivity contribution in [2.75, 3.05) is 7.11 Å². The second-order valence-electron chi connectivity index (χ2n) is 3.37. The fourth-order valence-corrected chi connectivity index (χ4v) is 1.27. The number of methoxy groups -OCH3 is 1. The number of halogens is 7. The molecule has 1 rings (SSSR count). The Hall–Kier alpha value is -1.80. The molecule has 106 valence electrons. The van der Waals surface area contributed by atoms with E-state index >= 15 is 0 Å². The SMILES string of the molecule is COC(=O)c1cc(C(F)(F)F)c(F)c(C(F)(F)F)c1. The maximum absolute atomic E-state index is 13.2. The zero-order valence-corrected chi connectivity index (χ0v) is 9.12. The number of carbonyl (C=O) groups excluding carboxylic acids is 1. The van der Waals surface area contributed by atoms with E-state index in [1.165, 1.54) is 0 Å². The number of hydrogen-bond donors (Lipinski definition) is 0. The normalized spacial score (nSPS) is 12.4. The molecule has 0 spiro atoms. The topological polar surface area (TPSA) is 26.3 Å². The van der Waals surface area contributed by atoms with Gasteiger partial charge in [-0.3, -0.25) is 0 Å². The highest BCUT2D eigenvalue weighted by molar-refractivity contribution is 5.89. The van der Waals surface area contributed by atoms with Crippen LogP contribution in [0.25, 0.3) is 0 Å². The Morgan fingerprint density at radius 3 is 1.63 bits per heavy atom. The molecule has 0 bridgehead atoms. The van der Waals surface area contributed by atoms with Crippen molar-refractivity contribution in [3.05, 3.63) is 34.6 Å². The van der Waals surface area contributed by atoms with Gasteiger partial charge in [-0.1, -0.05) is 0 Å². The summed E-state index contributed by atoms with van der Waals surface area (Å²) in [6.07, 6.45) is -10.7. The molecule has 9 heteroatoms. The van der Waals surface area contributed by atoms with Crippen molar-refractivity contribution in [1.29, 1.82) is 0 Å². The molecule has 2 nitrogen and oxygen atoms in total. The predicted molar refractivity (Wildman–Crippen MR) is 47.7 cm³/mol. The lowest BCUT2D eigenvalue weighted by molar-refractivity contribution is -0.147. The minimum Gasteiger partial charge on any atom is -0.465 e. The van der Waals surface area contributed by atoms with E-state index in [1.807, 2.05) is 0 Å². The largest absolute Gasteiger partial charge is 0.465 e. The first-order chi connectivity index (χ1) is 8.48. The minimum absolute atomic E-state index is 0.0313. The van der Waals surface area contributed by atoms with Crippen LogP contribution in [0.1, 0.15) is 21.5 Å². The van der Waals surface area contributed by atoms with Crippen molar-refractivity contribution in [2.45, 2.75) is 12.4 Å². The highest BCUT2D eigenvalue weighted by Crippen LogP contribution is 2.39. The molecule has 0 amide bonds. The molecule has 0 heterocycles. The molecule has 1 aromatic rings. The van der Waals surface area contributed by atoms with Gasteiger partial charge in [0.2, 0.25) is 0 Å². The van der Waals surface area contributed by atoms with E-state index < -0.39 is 40.8 Å². The van der Waals surface area contributed by atoms with Gasteiger partial charge in [-0.2, -0.15) is 26.3 Å². The molecule has 0 aromatic heterocycles. The van der Waals surface area contributed by atoms with Crippen molar-refractivity contribution >= 4 is 5.97 Å². The number of rotatable bonds is 1. The lowest BCUT2D eigenvalue weighted by Crippen LogP contribution is -2.18. The number of benzene rings is 1. The fraction of sp³-hybridized carbons (Fsp3) is 0.300. The Balaban J connectivity index is 3.62. The van der Waals surface area contributed by atoms with E-state index in [-0.39, 0.29) is 12.1 Å². The van der Waals surface area contributed by atoms with E-state index in [2.05, 4.69) is 4.74 Å². The lowest BCUT2D eigenvalue weighted by Gasteiger charge is -2.15. The summed E-state index contributed by atoms with van der Waals surface area (Å²) in [5.41, 5.74) is -5.39. The van der Waals surface area contributed by atoms with Gasteiger partial charge in [-0.15, -0.1) is 0 Å². The number of esters is 1. The van der Waals surface area contributed by atoms with Gasteiger partial charge in [0.1, 0.15) is 5.82 Å². The third-order valence-electron chi connectivity index (χ3n) is 2.10. The maximum Gasteiger partial charge on any atom is 0.419 e. The number of ether oxygens (including phenoxy) is 1. The smallest absolute Gasteiger partial charge is 0.419 e.